The Morgan fingerprint density at radius 3 is 2.45 bits per heavy atom. The minimum absolute atomic E-state index is 0.222. The first kappa shape index (κ1) is 22.0. The summed E-state index contributed by atoms with van der Waals surface area (Å²) in [5.74, 6) is -0.710. The number of nitro benzene ring substituents is 1. The van der Waals surface area contributed by atoms with Crippen molar-refractivity contribution in [2.24, 2.45) is 0 Å². The van der Waals surface area contributed by atoms with Crippen LogP contribution in [-0.4, -0.2) is 43.4 Å². The highest BCUT2D eigenvalue weighted by Crippen LogP contribution is 2.29. The van der Waals surface area contributed by atoms with Gasteiger partial charge in [-0.1, -0.05) is 0 Å². The lowest BCUT2D eigenvalue weighted by atomic mass is 10.2. The molecule has 0 spiro atoms. The number of nitro groups is 1. The van der Waals surface area contributed by atoms with Gasteiger partial charge in [-0.25, -0.2) is 4.79 Å². The number of hydrogen-bond acceptors (Lipinski definition) is 8. The largest absolute Gasteiger partial charge is 0.497 e. The van der Waals surface area contributed by atoms with Gasteiger partial charge in [-0.3, -0.25) is 14.9 Å². The smallest absolute Gasteiger partial charge is 0.345 e. The van der Waals surface area contributed by atoms with Crippen LogP contribution in [0.2, 0.25) is 0 Å². The standard InChI is InChI=1S/C19H20N2O7S/c1-11(18(22)20-15-9-12(26-2)5-8-17(15)27-3)28-19(23)14-10-13(29-4)6-7-16(14)21(24)25/h5-11H,1-4H3,(H,20,22). The summed E-state index contributed by atoms with van der Waals surface area (Å²) >= 11 is 1.32. The molecule has 10 heteroatoms. The zero-order valence-corrected chi connectivity index (χ0v) is 17.1. The molecular formula is C19H20N2O7S. The summed E-state index contributed by atoms with van der Waals surface area (Å²) in [5.41, 5.74) is -0.287. The molecule has 2 aromatic carbocycles. The second-order valence-corrected chi connectivity index (χ2v) is 6.62. The van der Waals surface area contributed by atoms with E-state index in [9.17, 15) is 19.7 Å². The average molecular weight is 420 g/mol. The maximum absolute atomic E-state index is 12.5. The highest BCUT2D eigenvalue weighted by molar-refractivity contribution is 7.98. The maximum Gasteiger partial charge on any atom is 0.345 e. The Balaban J connectivity index is 2.18. The number of carbonyl (C=O) groups is 2. The normalized spacial score (nSPS) is 11.3. The van der Waals surface area contributed by atoms with Crippen LogP contribution < -0.4 is 14.8 Å². The molecule has 0 aliphatic carbocycles. The van der Waals surface area contributed by atoms with Crippen molar-refractivity contribution in [2.75, 3.05) is 25.8 Å². The molecule has 29 heavy (non-hydrogen) atoms. The molecule has 0 aromatic heterocycles. The number of methoxy groups -OCH3 is 2. The van der Waals surface area contributed by atoms with Crippen LogP contribution in [0.3, 0.4) is 0 Å². The van der Waals surface area contributed by atoms with Gasteiger partial charge in [0.2, 0.25) is 0 Å². The monoisotopic (exact) mass is 420 g/mol. The first-order chi connectivity index (χ1) is 13.8. The third-order valence-corrected chi connectivity index (χ3v) is 4.66. The van der Waals surface area contributed by atoms with Crippen molar-refractivity contribution in [3.63, 3.8) is 0 Å². The van der Waals surface area contributed by atoms with Crippen molar-refractivity contribution in [1.82, 2.24) is 0 Å². The Morgan fingerprint density at radius 2 is 1.86 bits per heavy atom. The summed E-state index contributed by atoms with van der Waals surface area (Å²) in [7, 11) is 2.92. The molecule has 0 saturated heterocycles. The molecule has 2 aromatic rings. The van der Waals surface area contributed by atoms with E-state index < -0.39 is 28.6 Å². The lowest BCUT2D eigenvalue weighted by Gasteiger charge is -2.16. The molecule has 0 bridgehead atoms. The second kappa shape index (κ2) is 9.78. The molecule has 1 N–H and O–H groups in total. The summed E-state index contributed by atoms with van der Waals surface area (Å²) in [6, 6.07) is 8.95. The molecular weight excluding hydrogens is 400 g/mol. The number of rotatable bonds is 8. The van der Waals surface area contributed by atoms with E-state index in [2.05, 4.69) is 5.32 Å². The number of thioether (sulfide) groups is 1. The van der Waals surface area contributed by atoms with Crippen molar-refractivity contribution in [3.05, 3.63) is 52.1 Å². The number of ether oxygens (including phenoxy) is 3. The second-order valence-electron chi connectivity index (χ2n) is 5.74. The summed E-state index contributed by atoms with van der Waals surface area (Å²) in [6.07, 6.45) is 0.560. The number of anilines is 1. The predicted octanol–water partition coefficient (Wildman–Crippen LogP) is 3.52. The van der Waals surface area contributed by atoms with Crippen LogP contribution in [0.1, 0.15) is 17.3 Å². The van der Waals surface area contributed by atoms with E-state index in [1.807, 2.05) is 0 Å². The number of nitrogens with zero attached hydrogens (tertiary/aromatic N) is 1. The van der Waals surface area contributed by atoms with Gasteiger partial charge in [0.1, 0.15) is 17.1 Å². The van der Waals surface area contributed by atoms with Crippen LogP contribution in [0.4, 0.5) is 11.4 Å². The highest BCUT2D eigenvalue weighted by Gasteiger charge is 2.26. The molecule has 2 rings (SSSR count). The molecule has 9 nitrogen and oxygen atoms in total. The van der Waals surface area contributed by atoms with Gasteiger partial charge in [0.05, 0.1) is 24.8 Å². The Hall–Kier alpha value is -3.27. The number of hydrogen-bond donors (Lipinski definition) is 1. The molecule has 1 amide bonds. The Bertz CT molecular complexity index is 933. The van der Waals surface area contributed by atoms with E-state index in [0.29, 0.717) is 22.1 Å². The summed E-state index contributed by atoms with van der Waals surface area (Å²) in [5, 5.41) is 13.8. The summed E-state index contributed by atoms with van der Waals surface area (Å²) in [4.78, 5) is 36.1. The lowest BCUT2D eigenvalue weighted by Crippen LogP contribution is -2.30. The Labute approximate surface area is 171 Å². The van der Waals surface area contributed by atoms with Crippen molar-refractivity contribution >= 4 is 35.0 Å². The first-order valence-electron chi connectivity index (χ1n) is 8.37. The van der Waals surface area contributed by atoms with Crippen molar-refractivity contribution in [1.29, 1.82) is 0 Å². The Kier molecular flexibility index (Phi) is 7.43. The van der Waals surface area contributed by atoms with E-state index in [-0.39, 0.29) is 5.56 Å². The lowest BCUT2D eigenvalue weighted by molar-refractivity contribution is -0.385. The molecule has 0 saturated carbocycles. The van der Waals surface area contributed by atoms with Crippen LogP contribution in [0.15, 0.2) is 41.3 Å². The fourth-order valence-electron chi connectivity index (χ4n) is 2.39. The zero-order chi connectivity index (χ0) is 21.6. The molecule has 0 heterocycles. The number of amides is 1. The van der Waals surface area contributed by atoms with E-state index in [1.54, 1.807) is 24.5 Å². The third kappa shape index (κ3) is 5.38. The molecule has 1 unspecified atom stereocenters. The average Bonchev–Trinajstić information content (AvgIpc) is 2.72. The molecule has 0 aliphatic heterocycles. The highest BCUT2D eigenvalue weighted by atomic mass is 32.2. The van der Waals surface area contributed by atoms with Crippen LogP contribution in [0.25, 0.3) is 0 Å². The van der Waals surface area contributed by atoms with Gasteiger partial charge in [0.15, 0.2) is 6.10 Å². The number of carbonyl (C=O) groups excluding carboxylic acids is 2. The van der Waals surface area contributed by atoms with E-state index in [4.69, 9.17) is 14.2 Å². The quantitative estimate of drug-likeness (QED) is 0.298. The fraction of sp³-hybridized carbons (Fsp3) is 0.263. The van der Waals surface area contributed by atoms with E-state index >= 15 is 0 Å². The number of nitrogens with one attached hydrogen (secondary N) is 1. The summed E-state index contributed by atoms with van der Waals surface area (Å²) < 4.78 is 15.5. The predicted molar refractivity (Wildman–Crippen MR) is 108 cm³/mol. The van der Waals surface area contributed by atoms with Crippen molar-refractivity contribution in [2.45, 2.75) is 17.9 Å². The zero-order valence-electron chi connectivity index (χ0n) is 16.3. The number of benzene rings is 2. The Morgan fingerprint density at radius 1 is 1.14 bits per heavy atom. The topological polar surface area (TPSA) is 117 Å². The fourth-order valence-corrected chi connectivity index (χ4v) is 2.83. The van der Waals surface area contributed by atoms with Gasteiger partial charge in [-0.15, -0.1) is 11.8 Å². The minimum atomic E-state index is -1.21. The molecule has 0 radical (unpaired) electrons. The first-order valence-corrected chi connectivity index (χ1v) is 9.59. The van der Waals surface area contributed by atoms with Gasteiger partial charge < -0.3 is 19.5 Å². The van der Waals surface area contributed by atoms with Gasteiger partial charge in [0.25, 0.3) is 11.6 Å². The molecule has 154 valence electrons. The SMILES string of the molecule is COc1ccc(OC)c(NC(=O)C(C)OC(=O)c2cc(SC)ccc2[N+](=O)[O-])c1. The van der Waals surface area contributed by atoms with Crippen LogP contribution in [0, 0.1) is 10.1 Å². The van der Waals surface area contributed by atoms with E-state index in [0.717, 1.165) is 0 Å². The van der Waals surface area contributed by atoms with Crippen LogP contribution in [0.5, 0.6) is 11.5 Å². The van der Waals surface area contributed by atoms with Crippen molar-refractivity contribution < 1.29 is 28.7 Å². The van der Waals surface area contributed by atoms with Gasteiger partial charge in [-0.05, 0) is 37.4 Å². The van der Waals surface area contributed by atoms with Gasteiger partial charge in [0, 0.05) is 17.0 Å². The van der Waals surface area contributed by atoms with Crippen LogP contribution >= 0.6 is 11.8 Å². The number of esters is 1. The van der Waals surface area contributed by atoms with Crippen molar-refractivity contribution in [3.8, 4) is 11.5 Å². The van der Waals surface area contributed by atoms with Crippen LogP contribution in [-0.2, 0) is 9.53 Å². The van der Waals surface area contributed by atoms with E-state index in [1.165, 1.54) is 51.1 Å². The summed E-state index contributed by atoms with van der Waals surface area (Å²) in [6.45, 7) is 1.37. The minimum Gasteiger partial charge on any atom is -0.497 e. The molecule has 1 atom stereocenters. The third-order valence-electron chi connectivity index (χ3n) is 3.94. The van der Waals surface area contributed by atoms with Gasteiger partial charge >= 0.3 is 5.97 Å². The molecule has 0 aliphatic rings. The maximum atomic E-state index is 12.5. The van der Waals surface area contributed by atoms with Gasteiger partial charge in [-0.2, -0.15) is 0 Å². The molecule has 0 fully saturated rings.